The molecule has 7 heteroatoms. The van der Waals surface area contributed by atoms with Crippen molar-refractivity contribution in [1.82, 2.24) is 10.1 Å². The first-order chi connectivity index (χ1) is 12.6. The van der Waals surface area contributed by atoms with E-state index in [2.05, 4.69) is 15.5 Å². The minimum atomic E-state index is -0.256. The first kappa shape index (κ1) is 17.5. The highest BCUT2D eigenvalue weighted by atomic mass is 16.5. The Hall–Kier alpha value is -3.35. The van der Waals surface area contributed by atoms with E-state index >= 15 is 0 Å². The fraction of sp³-hybridized carbons (Fsp3) is 0.211. The summed E-state index contributed by atoms with van der Waals surface area (Å²) >= 11 is 0. The van der Waals surface area contributed by atoms with Gasteiger partial charge in [-0.15, -0.1) is 0 Å². The maximum Gasteiger partial charge on any atom is 0.262 e. The summed E-state index contributed by atoms with van der Waals surface area (Å²) < 4.78 is 16.0. The molecule has 0 radical (unpaired) electrons. The molecule has 1 aromatic heterocycles. The molecule has 0 aliphatic rings. The van der Waals surface area contributed by atoms with Crippen LogP contribution in [0.5, 0.6) is 11.5 Å². The van der Waals surface area contributed by atoms with Gasteiger partial charge in [-0.2, -0.15) is 4.98 Å². The third-order valence-corrected chi connectivity index (χ3v) is 3.43. The highest BCUT2D eigenvalue weighted by Gasteiger charge is 2.09. The SMILES string of the molecule is CCOc1ccc(NC(=O)COc2cccc(-c3nc(C)no3)c2)cc1. The fourth-order valence-corrected chi connectivity index (χ4v) is 2.28. The van der Waals surface area contributed by atoms with Gasteiger partial charge in [0, 0.05) is 11.3 Å². The van der Waals surface area contributed by atoms with Crippen LogP contribution in [-0.4, -0.2) is 29.3 Å². The predicted molar refractivity (Wildman–Crippen MR) is 96.2 cm³/mol. The average molecular weight is 353 g/mol. The topological polar surface area (TPSA) is 86.5 Å². The maximum absolute atomic E-state index is 12.0. The number of ether oxygens (including phenoxy) is 2. The van der Waals surface area contributed by atoms with Gasteiger partial charge in [0.25, 0.3) is 11.8 Å². The summed E-state index contributed by atoms with van der Waals surface area (Å²) in [6, 6.07) is 14.3. The largest absolute Gasteiger partial charge is 0.494 e. The second-order valence-corrected chi connectivity index (χ2v) is 5.47. The molecule has 3 rings (SSSR count). The van der Waals surface area contributed by atoms with Crippen molar-refractivity contribution in [2.45, 2.75) is 13.8 Å². The smallest absolute Gasteiger partial charge is 0.262 e. The van der Waals surface area contributed by atoms with E-state index in [1.165, 1.54) is 0 Å². The van der Waals surface area contributed by atoms with Gasteiger partial charge in [-0.05, 0) is 56.3 Å². The first-order valence-corrected chi connectivity index (χ1v) is 8.20. The van der Waals surface area contributed by atoms with E-state index in [4.69, 9.17) is 14.0 Å². The molecule has 26 heavy (non-hydrogen) atoms. The first-order valence-electron chi connectivity index (χ1n) is 8.20. The van der Waals surface area contributed by atoms with Crippen molar-refractivity contribution < 1.29 is 18.8 Å². The van der Waals surface area contributed by atoms with E-state index in [1.54, 1.807) is 49.4 Å². The molecule has 0 saturated heterocycles. The normalized spacial score (nSPS) is 10.4. The molecular weight excluding hydrogens is 334 g/mol. The van der Waals surface area contributed by atoms with E-state index in [0.29, 0.717) is 29.8 Å². The van der Waals surface area contributed by atoms with Gasteiger partial charge in [0.15, 0.2) is 12.4 Å². The summed E-state index contributed by atoms with van der Waals surface area (Å²) in [7, 11) is 0. The van der Waals surface area contributed by atoms with Crippen molar-refractivity contribution in [2.75, 3.05) is 18.5 Å². The molecule has 0 unspecified atom stereocenters. The summed E-state index contributed by atoms with van der Waals surface area (Å²) in [4.78, 5) is 16.2. The molecule has 7 nitrogen and oxygen atoms in total. The number of aryl methyl sites for hydroxylation is 1. The minimum absolute atomic E-state index is 0.112. The Balaban J connectivity index is 1.56. The molecule has 0 atom stereocenters. The Morgan fingerprint density at radius 3 is 2.62 bits per heavy atom. The molecule has 0 fully saturated rings. The second kappa shape index (κ2) is 8.15. The zero-order valence-corrected chi connectivity index (χ0v) is 14.6. The van der Waals surface area contributed by atoms with Crippen LogP contribution in [-0.2, 0) is 4.79 Å². The van der Waals surface area contributed by atoms with Gasteiger partial charge in [0.1, 0.15) is 11.5 Å². The third-order valence-electron chi connectivity index (χ3n) is 3.43. The van der Waals surface area contributed by atoms with Crippen molar-refractivity contribution in [2.24, 2.45) is 0 Å². The van der Waals surface area contributed by atoms with Crippen LogP contribution in [0.2, 0.25) is 0 Å². The summed E-state index contributed by atoms with van der Waals surface area (Å²) in [6.45, 7) is 4.15. The van der Waals surface area contributed by atoms with Crippen LogP contribution in [0, 0.1) is 6.92 Å². The Kier molecular flexibility index (Phi) is 5.48. The number of benzene rings is 2. The second-order valence-electron chi connectivity index (χ2n) is 5.47. The Bertz CT molecular complexity index is 875. The van der Waals surface area contributed by atoms with Crippen LogP contribution >= 0.6 is 0 Å². The number of carbonyl (C=O) groups excluding carboxylic acids is 1. The maximum atomic E-state index is 12.0. The van der Waals surface area contributed by atoms with Gasteiger partial charge in [0.05, 0.1) is 6.61 Å². The molecular formula is C19H19N3O4. The molecule has 0 spiro atoms. The van der Waals surface area contributed by atoms with Crippen LogP contribution in [0.25, 0.3) is 11.5 Å². The van der Waals surface area contributed by atoms with Crippen molar-refractivity contribution in [1.29, 1.82) is 0 Å². The lowest BCUT2D eigenvalue weighted by Crippen LogP contribution is -2.20. The van der Waals surface area contributed by atoms with Crippen molar-refractivity contribution in [3.63, 3.8) is 0 Å². The zero-order valence-electron chi connectivity index (χ0n) is 14.6. The Morgan fingerprint density at radius 2 is 1.92 bits per heavy atom. The number of amides is 1. The lowest BCUT2D eigenvalue weighted by atomic mass is 10.2. The van der Waals surface area contributed by atoms with Gasteiger partial charge in [-0.1, -0.05) is 11.2 Å². The van der Waals surface area contributed by atoms with E-state index in [1.807, 2.05) is 13.0 Å². The number of nitrogens with one attached hydrogen (secondary N) is 1. The minimum Gasteiger partial charge on any atom is -0.494 e. The quantitative estimate of drug-likeness (QED) is 0.700. The Morgan fingerprint density at radius 1 is 1.12 bits per heavy atom. The monoisotopic (exact) mass is 353 g/mol. The highest BCUT2D eigenvalue weighted by molar-refractivity contribution is 5.91. The van der Waals surface area contributed by atoms with Gasteiger partial charge in [-0.25, -0.2) is 0 Å². The number of anilines is 1. The van der Waals surface area contributed by atoms with Crippen LogP contribution in [0.4, 0.5) is 5.69 Å². The zero-order chi connectivity index (χ0) is 18.4. The van der Waals surface area contributed by atoms with E-state index < -0.39 is 0 Å². The summed E-state index contributed by atoms with van der Waals surface area (Å²) in [5, 5.41) is 6.53. The van der Waals surface area contributed by atoms with Gasteiger partial charge >= 0.3 is 0 Å². The van der Waals surface area contributed by atoms with E-state index in [-0.39, 0.29) is 12.5 Å². The summed E-state index contributed by atoms with van der Waals surface area (Å²) in [6.07, 6.45) is 0. The number of carbonyl (C=O) groups is 1. The molecule has 1 N–H and O–H groups in total. The fourth-order valence-electron chi connectivity index (χ4n) is 2.28. The third kappa shape index (κ3) is 4.60. The molecule has 1 heterocycles. The lowest BCUT2D eigenvalue weighted by molar-refractivity contribution is -0.118. The van der Waals surface area contributed by atoms with Gasteiger partial charge in [-0.3, -0.25) is 4.79 Å². The molecule has 3 aromatic rings. The van der Waals surface area contributed by atoms with Crippen LogP contribution < -0.4 is 14.8 Å². The summed E-state index contributed by atoms with van der Waals surface area (Å²) in [5.74, 6) is 2.01. The van der Waals surface area contributed by atoms with Gasteiger partial charge in [0.2, 0.25) is 0 Å². The molecule has 0 aliphatic carbocycles. The molecule has 0 bridgehead atoms. The van der Waals surface area contributed by atoms with Crippen molar-refractivity contribution in [3.8, 4) is 23.0 Å². The Labute approximate surface area is 150 Å². The molecule has 1 amide bonds. The van der Waals surface area contributed by atoms with Gasteiger partial charge < -0.3 is 19.3 Å². The number of nitrogens with zero attached hydrogens (tertiary/aromatic N) is 2. The number of hydrogen-bond acceptors (Lipinski definition) is 6. The van der Waals surface area contributed by atoms with Crippen molar-refractivity contribution in [3.05, 3.63) is 54.4 Å². The average Bonchev–Trinajstić information content (AvgIpc) is 3.09. The predicted octanol–water partition coefficient (Wildman–Crippen LogP) is 3.46. The summed E-state index contributed by atoms with van der Waals surface area (Å²) in [5.41, 5.74) is 1.41. The molecule has 0 aliphatic heterocycles. The molecule has 134 valence electrons. The van der Waals surface area contributed by atoms with Crippen molar-refractivity contribution >= 4 is 11.6 Å². The number of hydrogen-bond donors (Lipinski definition) is 1. The number of rotatable bonds is 7. The molecule has 2 aromatic carbocycles. The van der Waals surface area contributed by atoms with Crippen LogP contribution in [0.15, 0.2) is 53.1 Å². The highest BCUT2D eigenvalue weighted by Crippen LogP contribution is 2.22. The van der Waals surface area contributed by atoms with E-state index in [9.17, 15) is 4.79 Å². The van der Waals surface area contributed by atoms with E-state index in [0.717, 1.165) is 11.3 Å². The standard InChI is InChI=1S/C19H19N3O4/c1-3-24-16-9-7-15(8-10-16)21-18(23)12-25-17-6-4-5-14(11-17)19-20-13(2)22-26-19/h4-11H,3,12H2,1-2H3,(H,21,23). The number of aromatic nitrogens is 2. The van der Waals surface area contributed by atoms with Crippen LogP contribution in [0.3, 0.4) is 0 Å². The van der Waals surface area contributed by atoms with Crippen LogP contribution in [0.1, 0.15) is 12.7 Å². The molecule has 0 saturated carbocycles. The lowest BCUT2D eigenvalue weighted by Gasteiger charge is -2.09.